The highest BCUT2D eigenvalue weighted by atomic mass is 32.2. The number of benzene rings is 15. The molecule has 0 aliphatic heterocycles. The third-order valence-electron chi connectivity index (χ3n) is 22.7. The zero-order chi connectivity index (χ0) is 107. The molecule has 2 unspecified atom stereocenters. The summed E-state index contributed by atoms with van der Waals surface area (Å²) >= 11 is 0. The Morgan fingerprint density at radius 1 is 0.205 bits per heavy atom. The molecule has 1 aliphatic rings. The highest BCUT2D eigenvalue weighted by Gasteiger charge is 2.71. The molecule has 0 spiro atoms. The molecule has 0 amide bonds. The summed E-state index contributed by atoms with van der Waals surface area (Å²) in [6.07, 6.45) is -24.9. The van der Waals surface area contributed by atoms with Gasteiger partial charge in [0.2, 0.25) is 34.0 Å². The third-order valence-corrected chi connectivity index (χ3v) is 33.9. The highest BCUT2D eigenvalue weighted by molar-refractivity contribution is 7.98. The van der Waals surface area contributed by atoms with E-state index in [0.29, 0.717) is 41.7 Å². The zero-order valence-electron chi connectivity index (χ0n) is 75.7. The number of alkyl halides is 18. The lowest BCUT2D eigenvalue weighted by atomic mass is 9.84. The summed E-state index contributed by atoms with van der Waals surface area (Å²) in [5.74, 6) is -12.5. The Morgan fingerprint density at radius 2 is 0.384 bits per heavy atom. The molecular formula is C108H79F30O3S5+5. The molecular weight excluding hydrogens is 2080 g/mol. The van der Waals surface area contributed by atoms with Gasteiger partial charge in [-0.05, 0) is 335 Å². The van der Waals surface area contributed by atoms with Gasteiger partial charge in [-0.2, -0.15) is 87.8 Å². The highest BCUT2D eigenvalue weighted by Crippen LogP contribution is 2.52. The van der Waals surface area contributed by atoms with E-state index in [0.717, 1.165) is 144 Å². The summed E-state index contributed by atoms with van der Waals surface area (Å²) in [5, 5.41) is 29.6. The fourth-order valence-electron chi connectivity index (χ4n) is 14.8. The summed E-state index contributed by atoms with van der Waals surface area (Å²) in [6, 6.07) is 76.4. The fourth-order valence-corrected chi connectivity index (χ4v) is 25.1. The molecule has 0 aromatic heterocycles. The van der Waals surface area contributed by atoms with E-state index >= 15 is 0 Å². The smallest absolute Gasteiger partial charge is 0.376 e. The normalized spacial score (nSPS) is 13.9. The first-order valence-corrected chi connectivity index (χ1v) is 49.4. The average molecular weight is 2160 g/mol. The van der Waals surface area contributed by atoms with Gasteiger partial charge in [-0.25, -0.2) is 43.9 Å². The van der Waals surface area contributed by atoms with Crippen LogP contribution in [0.5, 0.6) is 0 Å². The molecule has 1 saturated carbocycles. The predicted molar refractivity (Wildman–Crippen MR) is 495 cm³/mol. The summed E-state index contributed by atoms with van der Waals surface area (Å²) in [4.78, 5) is 7.20. The number of rotatable bonds is 19. The van der Waals surface area contributed by atoms with Crippen molar-refractivity contribution in [3.63, 3.8) is 0 Å². The van der Waals surface area contributed by atoms with Crippen molar-refractivity contribution in [2.24, 2.45) is 0 Å². The lowest BCUT2D eigenvalue weighted by Gasteiger charge is -2.32. The predicted octanol–water partition coefficient (Wildman–Crippen LogP) is 32.8. The molecule has 15 aromatic rings. The van der Waals surface area contributed by atoms with Gasteiger partial charge in [-0.1, -0.05) is 85.5 Å². The first-order chi connectivity index (χ1) is 68.5. The summed E-state index contributed by atoms with van der Waals surface area (Å²) in [7, 11) is -5.13. The second-order valence-electron chi connectivity index (χ2n) is 32.8. The second kappa shape index (κ2) is 46.5. The van der Waals surface area contributed by atoms with Gasteiger partial charge in [-0.15, -0.1) is 0 Å². The lowest BCUT2D eigenvalue weighted by Crippen LogP contribution is -2.53. The van der Waals surface area contributed by atoms with Crippen LogP contribution in [0.3, 0.4) is 0 Å². The van der Waals surface area contributed by atoms with Crippen molar-refractivity contribution in [2.75, 3.05) is 0 Å². The third kappa shape index (κ3) is 26.9. The zero-order valence-corrected chi connectivity index (χ0v) is 79.7. The summed E-state index contributed by atoms with van der Waals surface area (Å²) < 4.78 is 399. The van der Waals surface area contributed by atoms with Crippen LogP contribution in [0, 0.1) is 76.7 Å². The average Bonchev–Trinajstić information content (AvgIpc) is 0.741. The maximum atomic E-state index is 14.3. The number of halogens is 30. The van der Waals surface area contributed by atoms with Crippen LogP contribution >= 0.6 is 0 Å². The molecule has 146 heavy (non-hydrogen) atoms. The van der Waals surface area contributed by atoms with Crippen molar-refractivity contribution in [3.05, 3.63) is 448 Å². The van der Waals surface area contributed by atoms with Crippen LogP contribution in [-0.2, 0) is 83.6 Å². The van der Waals surface area contributed by atoms with Crippen LogP contribution in [0.25, 0.3) is 0 Å². The van der Waals surface area contributed by atoms with E-state index in [1.165, 1.54) is 152 Å². The van der Waals surface area contributed by atoms with E-state index in [1.807, 2.05) is 55.5 Å². The fraction of sp³-hybridized carbons (Fsp3) is 0.167. The maximum absolute atomic E-state index is 14.3. The largest absolute Gasteiger partial charge is 0.430 e. The van der Waals surface area contributed by atoms with Crippen molar-refractivity contribution >= 4 is 54.5 Å². The van der Waals surface area contributed by atoms with E-state index in [2.05, 4.69) is 24.3 Å². The first kappa shape index (κ1) is 113. The Labute approximate surface area is 831 Å². The first-order valence-electron chi connectivity index (χ1n) is 43.3. The van der Waals surface area contributed by atoms with E-state index in [1.54, 1.807) is 36.4 Å². The monoisotopic (exact) mass is 2150 g/mol. The Bertz CT molecular complexity index is 6450. The molecule has 15 aromatic carbocycles. The van der Waals surface area contributed by atoms with Gasteiger partial charge in [0.25, 0.3) is 5.60 Å². The molecule has 16 rings (SSSR count). The molecule has 0 saturated heterocycles. The number of hydrogen-bond donors (Lipinski definition) is 3. The van der Waals surface area contributed by atoms with Gasteiger partial charge in [0, 0.05) is 5.56 Å². The molecule has 3 nitrogen and oxygen atoms in total. The van der Waals surface area contributed by atoms with Crippen LogP contribution < -0.4 is 0 Å². The molecule has 0 radical (unpaired) electrons. The minimum atomic E-state index is -6.18. The van der Waals surface area contributed by atoms with Crippen molar-refractivity contribution in [3.8, 4) is 0 Å². The van der Waals surface area contributed by atoms with Crippen molar-refractivity contribution in [2.45, 2.75) is 186 Å². The minimum Gasteiger partial charge on any atom is -0.376 e. The van der Waals surface area contributed by atoms with Gasteiger partial charge in [-0.3, -0.25) is 0 Å². The molecule has 0 bridgehead atoms. The Balaban J connectivity index is 0.000000165. The minimum absolute atomic E-state index is 0.0406. The maximum Gasteiger partial charge on any atom is 0.430 e. The number of hydrogen-bond acceptors (Lipinski definition) is 3. The molecule has 2 atom stereocenters. The Kier molecular flexibility index (Phi) is 35.8. The van der Waals surface area contributed by atoms with E-state index < -0.39 is 171 Å². The van der Waals surface area contributed by atoms with Crippen molar-refractivity contribution in [1.29, 1.82) is 0 Å². The van der Waals surface area contributed by atoms with Crippen LogP contribution in [0.2, 0.25) is 0 Å². The Morgan fingerprint density at radius 3 is 0.589 bits per heavy atom. The topological polar surface area (TPSA) is 60.7 Å². The van der Waals surface area contributed by atoms with Gasteiger partial charge in [0.1, 0.15) is 51.6 Å². The quantitative estimate of drug-likeness (QED) is 0.0327. The second-order valence-corrected chi connectivity index (χ2v) is 42.9. The van der Waals surface area contributed by atoms with E-state index in [-0.39, 0.29) is 64.5 Å². The van der Waals surface area contributed by atoms with Crippen LogP contribution in [-0.4, -0.2) is 40.0 Å². The lowest BCUT2D eigenvalue weighted by molar-refractivity contribution is -0.376. The summed E-state index contributed by atoms with van der Waals surface area (Å²) in [6.45, 7) is 2.86. The van der Waals surface area contributed by atoms with E-state index in [4.69, 9.17) is 0 Å². The van der Waals surface area contributed by atoms with Gasteiger partial charge < -0.3 is 15.3 Å². The van der Waals surface area contributed by atoms with Crippen LogP contribution in [0.4, 0.5) is 132 Å². The number of aryl methyl sites for hydroxylation is 1. The Hall–Kier alpha value is -12.2. The molecule has 764 valence electrons. The molecule has 3 N–H and O–H groups in total. The van der Waals surface area contributed by atoms with Crippen LogP contribution in [0.1, 0.15) is 90.8 Å². The molecule has 38 heteroatoms. The molecule has 1 aliphatic carbocycles. The summed E-state index contributed by atoms with van der Waals surface area (Å²) in [5.41, 5.74) is -13.8. The SMILES string of the molecule is CC(O)(c1ccc([S+](c2ccc(C(C)(O)C(F)(F)F)cc2)c2ccc(C(O)(C(F)(F)F)C(F)(F)F)cc2)cc1)C(F)(F)F.Cc1ccc([S+](c2ccc(C(F)(F)F)cc2)c2ccc(C(F)(F)F)cc2)cc1.Fc1ccc([S+](c2ccc(F)cc2)c2c(F)c(F)c(F)c(F)c2F)cc1.Fc1ccc([S+](c2ccc(F)cc2)c2ccc(C3CCCCC3)cc2)cc1.Fc1ccc([S+](c2ccc(F)cc2)c2ccc(F)cc2)cc1. The molecule has 0 heterocycles. The van der Waals surface area contributed by atoms with Gasteiger partial charge >= 0.3 is 37.1 Å². The standard InChI is InChI=1S/C27H21F12O3S.C24H23F2S.C21H15F6S.C18H8F7S.C18H12F3S/c1-21(40,24(28,29)30)15-3-9-18(10-4-15)43(19-11-5-16(6-12-19)22(2,41)25(31,32)33)20-13-7-17(8-14-20)23(42,26(34,35)36)27(37,38)39;25-20-8-14-23(15-9-20)27(24-16-10-21(26)11-17-24)22-12-6-19(7-13-22)18-4-2-1-3-5-18;1-14-2-8-17(9-3-14)28(18-10-4-15(5-11-18)20(22,23)24)19-12-6-16(7-13-19)21(25,26)27;19-9-1-5-11(6-2-9)26(12-7-3-10(20)4-8-12)18-16(24)14(22)13(21)15(23)17(18)25;19-13-1-7-16(8-2-13)22(17-9-3-14(20)4-10-17)18-11-5-15(21)6-12-18/h3-14,40-42H,1-2H3;6-18H,1-5H2;2-13H,1H3;1-8H;1-12H/q5*+1. The van der Waals surface area contributed by atoms with Gasteiger partial charge in [0.15, 0.2) is 79.7 Å². The molecule has 1 fully saturated rings. The number of aliphatic hydroxyl groups is 3. The van der Waals surface area contributed by atoms with Crippen LogP contribution in [0.15, 0.2) is 413 Å². The van der Waals surface area contributed by atoms with Gasteiger partial charge in [0.05, 0.1) is 54.7 Å². The van der Waals surface area contributed by atoms with Crippen molar-refractivity contribution < 1.29 is 147 Å². The van der Waals surface area contributed by atoms with Crippen molar-refractivity contribution in [1.82, 2.24) is 0 Å². The van der Waals surface area contributed by atoms with E-state index in [9.17, 15) is 147 Å².